The number of aromatic nitrogens is 3. The number of nitriles is 1. The van der Waals surface area contributed by atoms with Crippen LogP contribution in [0.25, 0.3) is 11.0 Å². The number of pyridine rings is 1. The zero-order chi connectivity index (χ0) is 11.0. The molecule has 0 spiro atoms. The summed E-state index contributed by atoms with van der Waals surface area (Å²) >= 11 is 0. The number of H-pyrrole nitrogens is 1. The number of aromatic amines is 1. The molecule has 0 radical (unpaired) electrons. The number of fused-ring (bicyclic) bond motifs is 1. The van der Waals surface area contributed by atoms with Crippen LogP contribution in [-0.2, 0) is 0 Å². The molecule has 1 N–H and O–H groups in total. The van der Waals surface area contributed by atoms with Gasteiger partial charge in [-0.25, -0.2) is 9.97 Å². The zero-order valence-corrected chi connectivity index (χ0v) is 8.90. The summed E-state index contributed by atoms with van der Waals surface area (Å²) in [5.74, 6) is 1.57. The number of nitrogens with zero attached hydrogens (tertiary/aromatic N) is 3. The molecule has 4 nitrogen and oxygen atoms in total. The maximum absolute atomic E-state index is 8.94. The molecule has 0 aromatic carbocycles. The second kappa shape index (κ2) is 3.60. The van der Waals surface area contributed by atoms with E-state index in [4.69, 9.17) is 5.26 Å². The fourth-order valence-corrected chi connectivity index (χ4v) is 2.43. The number of hydrogen-bond donors (Lipinski definition) is 1. The van der Waals surface area contributed by atoms with Gasteiger partial charge in [-0.2, -0.15) is 5.26 Å². The van der Waals surface area contributed by atoms with Crippen molar-refractivity contribution in [1.29, 1.82) is 5.26 Å². The molecule has 80 valence electrons. The Labute approximate surface area is 93.3 Å². The van der Waals surface area contributed by atoms with Crippen molar-refractivity contribution < 1.29 is 0 Å². The highest BCUT2D eigenvalue weighted by Crippen LogP contribution is 2.33. The molecular formula is C12H12N4. The summed E-state index contributed by atoms with van der Waals surface area (Å²) in [7, 11) is 0. The standard InChI is InChI=1S/C12H12N4/c13-7-10-11-9(5-6-14-10)15-12(16-11)8-3-1-2-4-8/h5-6,8H,1-4H2,(H,15,16). The lowest BCUT2D eigenvalue weighted by atomic mass is 10.1. The maximum atomic E-state index is 8.94. The lowest BCUT2D eigenvalue weighted by Crippen LogP contribution is -1.94. The van der Waals surface area contributed by atoms with Gasteiger partial charge in [0.05, 0.1) is 5.52 Å². The van der Waals surface area contributed by atoms with E-state index in [1.165, 1.54) is 25.7 Å². The first-order valence-corrected chi connectivity index (χ1v) is 5.63. The van der Waals surface area contributed by atoms with Gasteiger partial charge in [0.2, 0.25) is 0 Å². The van der Waals surface area contributed by atoms with Crippen LogP contribution in [0.3, 0.4) is 0 Å². The highest BCUT2D eigenvalue weighted by Gasteiger charge is 2.21. The molecule has 1 aliphatic rings. The molecule has 2 aromatic rings. The van der Waals surface area contributed by atoms with Crippen LogP contribution in [0.5, 0.6) is 0 Å². The summed E-state index contributed by atoms with van der Waals surface area (Å²) in [5.41, 5.74) is 2.05. The van der Waals surface area contributed by atoms with Crippen LogP contribution in [0, 0.1) is 11.3 Å². The van der Waals surface area contributed by atoms with Crippen molar-refractivity contribution in [2.75, 3.05) is 0 Å². The van der Waals surface area contributed by atoms with Gasteiger partial charge in [0.15, 0.2) is 5.69 Å². The number of nitrogens with one attached hydrogen (secondary N) is 1. The average Bonchev–Trinajstić information content (AvgIpc) is 2.96. The molecule has 1 saturated carbocycles. The maximum Gasteiger partial charge on any atom is 0.168 e. The third-order valence-electron chi connectivity index (χ3n) is 3.27. The Morgan fingerprint density at radius 2 is 2.19 bits per heavy atom. The molecule has 0 unspecified atom stereocenters. The molecule has 1 aliphatic carbocycles. The monoisotopic (exact) mass is 212 g/mol. The third-order valence-corrected chi connectivity index (χ3v) is 3.27. The van der Waals surface area contributed by atoms with Gasteiger partial charge >= 0.3 is 0 Å². The Morgan fingerprint density at radius 3 is 2.94 bits per heavy atom. The normalized spacial score (nSPS) is 16.7. The molecule has 0 atom stereocenters. The van der Waals surface area contributed by atoms with E-state index in [1.807, 2.05) is 6.07 Å². The molecule has 4 heteroatoms. The summed E-state index contributed by atoms with van der Waals surface area (Å²) in [4.78, 5) is 11.9. The second-order valence-corrected chi connectivity index (χ2v) is 4.27. The quantitative estimate of drug-likeness (QED) is 0.789. The minimum Gasteiger partial charge on any atom is -0.342 e. The van der Waals surface area contributed by atoms with Gasteiger partial charge in [0, 0.05) is 12.1 Å². The summed E-state index contributed by atoms with van der Waals surface area (Å²) < 4.78 is 0. The molecule has 2 aromatic heterocycles. The van der Waals surface area contributed by atoms with E-state index in [9.17, 15) is 0 Å². The van der Waals surface area contributed by atoms with E-state index in [0.717, 1.165) is 11.3 Å². The molecule has 0 amide bonds. The Hall–Kier alpha value is -1.89. The molecule has 1 fully saturated rings. The zero-order valence-electron chi connectivity index (χ0n) is 8.90. The minimum absolute atomic E-state index is 0.415. The fraction of sp³-hybridized carbons (Fsp3) is 0.417. The van der Waals surface area contributed by atoms with Gasteiger partial charge < -0.3 is 4.98 Å². The van der Waals surface area contributed by atoms with E-state index in [1.54, 1.807) is 6.20 Å². The van der Waals surface area contributed by atoms with Gasteiger partial charge in [-0.3, -0.25) is 0 Å². The van der Waals surface area contributed by atoms with E-state index in [0.29, 0.717) is 17.1 Å². The van der Waals surface area contributed by atoms with Crippen LogP contribution in [-0.4, -0.2) is 15.0 Å². The van der Waals surface area contributed by atoms with Crippen LogP contribution in [0.1, 0.15) is 43.1 Å². The predicted octanol–water partition coefficient (Wildman–Crippen LogP) is 2.49. The Morgan fingerprint density at radius 1 is 1.38 bits per heavy atom. The van der Waals surface area contributed by atoms with E-state index >= 15 is 0 Å². The van der Waals surface area contributed by atoms with Crippen LogP contribution in [0.2, 0.25) is 0 Å². The van der Waals surface area contributed by atoms with Crippen molar-refractivity contribution in [3.63, 3.8) is 0 Å². The van der Waals surface area contributed by atoms with Crippen molar-refractivity contribution in [1.82, 2.24) is 15.0 Å². The summed E-state index contributed by atoms with van der Waals surface area (Å²) in [6.07, 6.45) is 6.62. The largest absolute Gasteiger partial charge is 0.342 e. The van der Waals surface area contributed by atoms with Gasteiger partial charge in [-0.1, -0.05) is 12.8 Å². The summed E-state index contributed by atoms with van der Waals surface area (Å²) in [5, 5.41) is 8.94. The first-order valence-electron chi connectivity index (χ1n) is 5.63. The van der Waals surface area contributed by atoms with Gasteiger partial charge in [0.25, 0.3) is 0 Å². The van der Waals surface area contributed by atoms with Crippen LogP contribution in [0.15, 0.2) is 12.3 Å². The average molecular weight is 212 g/mol. The smallest absolute Gasteiger partial charge is 0.168 e. The highest BCUT2D eigenvalue weighted by molar-refractivity contribution is 5.79. The van der Waals surface area contributed by atoms with Crippen molar-refractivity contribution in [2.24, 2.45) is 0 Å². The second-order valence-electron chi connectivity index (χ2n) is 4.27. The first kappa shape index (κ1) is 9.34. The molecule has 3 rings (SSSR count). The van der Waals surface area contributed by atoms with E-state index in [2.05, 4.69) is 21.0 Å². The van der Waals surface area contributed by atoms with Gasteiger partial charge in [-0.15, -0.1) is 0 Å². The topological polar surface area (TPSA) is 65.4 Å². The summed E-state index contributed by atoms with van der Waals surface area (Å²) in [6, 6.07) is 3.96. The van der Waals surface area contributed by atoms with Gasteiger partial charge in [0.1, 0.15) is 17.4 Å². The van der Waals surface area contributed by atoms with E-state index in [-0.39, 0.29) is 0 Å². The molecule has 16 heavy (non-hydrogen) atoms. The Bertz CT molecular complexity index is 558. The highest BCUT2D eigenvalue weighted by atomic mass is 14.9. The van der Waals surface area contributed by atoms with Crippen molar-refractivity contribution in [3.8, 4) is 6.07 Å². The fourth-order valence-electron chi connectivity index (χ4n) is 2.43. The minimum atomic E-state index is 0.415. The molecule has 2 heterocycles. The van der Waals surface area contributed by atoms with Crippen LogP contribution < -0.4 is 0 Å². The summed E-state index contributed by atoms with van der Waals surface area (Å²) in [6.45, 7) is 0. The van der Waals surface area contributed by atoms with Crippen molar-refractivity contribution >= 4 is 11.0 Å². The van der Waals surface area contributed by atoms with Crippen LogP contribution >= 0.6 is 0 Å². The van der Waals surface area contributed by atoms with E-state index < -0.39 is 0 Å². The Balaban J connectivity index is 2.12. The molecule has 0 saturated heterocycles. The lowest BCUT2D eigenvalue weighted by molar-refractivity contribution is 0.681. The number of rotatable bonds is 1. The lowest BCUT2D eigenvalue weighted by Gasteiger charge is -2.02. The number of imidazole rings is 1. The molecular weight excluding hydrogens is 200 g/mol. The molecule has 0 aliphatic heterocycles. The van der Waals surface area contributed by atoms with Crippen molar-refractivity contribution in [2.45, 2.75) is 31.6 Å². The van der Waals surface area contributed by atoms with Gasteiger partial charge in [-0.05, 0) is 18.9 Å². The Kier molecular flexibility index (Phi) is 2.10. The van der Waals surface area contributed by atoms with Crippen molar-refractivity contribution in [3.05, 3.63) is 23.8 Å². The SMILES string of the molecule is N#Cc1nccc2[nH]c(C3CCCC3)nc12. The first-order chi connectivity index (χ1) is 7.88. The van der Waals surface area contributed by atoms with Crippen LogP contribution in [0.4, 0.5) is 0 Å². The molecule has 0 bridgehead atoms. The number of hydrogen-bond acceptors (Lipinski definition) is 3. The predicted molar refractivity (Wildman–Crippen MR) is 59.8 cm³/mol. The third kappa shape index (κ3) is 1.36.